The standard InChI is InChI=1S/C20H26N2O4S/c1-13(2)22(14(3)4)19(23)11-26-20(24)16-7-6-8-18(9-16)25-10-17-12-27-15(5)21-17/h6-9,12-14H,10-11H2,1-5H3. The molecule has 1 amide bonds. The molecule has 0 bridgehead atoms. The molecule has 0 saturated heterocycles. The number of ether oxygens (including phenoxy) is 2. The zero-order valence-corrected chi connectivity index (χ0v) is 17.2. The molecule has 146 valence electrons. The van der Waals surface area contributed by atoms with Crippen LogP contribution >= 0.6 is 11.3 Å². The van der Waals surface area contributed by atoms with Crippen molar-refractivity contribution in [2.75, 3.05) is 6.61 Å². The van der Waals surface area contributed by atoms with E-state index in [2.05, 4.69) is 4.98 Å². The summed E-state index contributed by atoms with van der Waals surface area (Å²) in [5.74, 6) is -0.210. The number of thiazole rings is 1. The van der Waals surface area contributed by atoms with Gasteiger partial charge >= 0.3 is 5.97 Å². The van der Waals surface area contributed by atoms with E-state index < -0.39 is 5.97 Å². The lowest BCUT2D eigenvalue weighted by molar-refractivity contribution is -0.138. The number of nitrogens with zero attached hydrogens (tertiary/aromatic N) is 2. The highest BCUT2D eigenvalue weighted by molar-refractivity contribution is 7.09. The molecule has 2 aromatic rings. The van der Waals surface area contributed by atoms with E-state index in [-0.39, 0.29) is 24.6 Å². The van der Waals surface area contributed by atoms with Gasteiger partial charge in [-0.2, -0.15) is 0 Å². The molecule has 0 fully saturated rings. The van der Waals surface area contributed by atoms with Gasteiger partial charge in [0.05, 0.1) is 16.3 Å². The van der Waals surface area contributed by atoms with Gasteiger partial charge in [-0.25, -0.2) is 9.78 Å². The first-order chi connectivity index (χ1) is 12.8. The molecular formula is C20H26N2O4S. The molecule has 0 aliphatic heterocycles. The summed E-state index contributed by atoms with van der Waals surface area (Å²) < 4.78 is 10.9. The molecule has 1 aromatic heterocycles. The highest BCUT2D eigenvalue weighted by atomic mass is 32.1. The van der Waals surface area contributed by atoms with Crippen molar-refractivity contribution in [3.05, 3.63) is 45.9 Å². The lowest BCUT2D eigenvalue weighted by Gasteiger charge is -2.30. The van der Waals surface area contributed by atoms with Gasteiger partial charge in [0.25, 0.3) is 5.91 Å². The van der Waals surface area contributed by atoms with E-state index in [4.69, 9.17) is 9.47 Å². The summed E-state index contributed by atoms with van der Waals surface area (Å²) in [6, 6.07) is 6.81. The second-order valence-corrected chi connectivity index (χ2v) is 7.80. The predicted octanol–water partition coefficient (Wildman–Crippen LogP) is 3.83. The Kier molecular flexibility index (Phi) is 7.36. The third-order valence-electron chi connectivity index (χ3n) is 3.85. The molecule has 0 atom stereocenters. The van der Waals surface area contributed by atoms with Crippen molar-refractivity contribution in [3.8, 4) is 5.75 Å². The van der Waals surface area contributed by atoms with Crippen molar-refractivity contribution in [2.45, 2.75) is 53.3 Å². The summed E-state index contributed by atoms with van der Waals surface area (Å²) in [5.41, 5.74) is 1.19. The van der Waals surface area contributed by atoms with Crippen LogP contribution in [0.25, 0.3) is 0 Å². The fourth-order valence-corrected chi connectivity index (χ4v) is 3.40. The number of carbonyl (C=O) groups is 2. The second kappa shape index (κ2) is 9.50. The summed E-state index contributed by atoms with van der Waals surface area (Å²) >= 11 is 1.56. The first-order valence-electron chi connectivity index (χ1n) is 8.90. The first kappa shape index (κ1) is 20.9. The van der Waals surface area contributed by atoms with Gasteiger partial charge < -0.3 is 14.4 Å². The van der Waals surface area contributed by atoms with Crippen LogP contribution in [-0.2, 0) is 16.1 Å². The third kappa shape index (κ3) is 6.06. The number of aryl methyl sites for hydroxylation is 1. The van der Waals surface area contributed by atoms with E-state index in [0.717, 1.165) is 10.7 Å². The van der Waals surface area contributed by atoms with Crippen LogP contribution in [0.5, 0.6) is 5.75 Å². The molecule has 0 spiro atoms. The molecule has 0 aliphatic rings. The van der Waals surface area contributed by atoms with Crippen LogP contribution in [0.15, 0.2) is 29.6 Å². The lowest BCUT2D eigenvalue weighted by Crippen LogP contribution is -2.44. The van der Waals surface area contributed by atoms with Gasteiger partial charge in [-0.05, 0) is 52.8 Å². The molecule has 0 saturated carbocycles. The van der Waals surface area contributed by atoms with Gasteiger partial charge in [0.2, 0.25) is 0 Å². The summed E-state index contributed by atoms with van der Waals surface area (Å²) in [5, 5.41) is 2.92. The second-order valence-electron chi connectivity index (χ2n) is 6.74. The molecule has 1 heterocycles. The molecule has 0 unspecified atom stereocenters. The van der Waals surface area contributed by atoms with Crippen LogP contribution in [0.1, 0.15) is 48.8 Å². The molecule has 6 nitrogen and oxygen atoms in total. The maximum atomic E-state index is 12.3. The highest BCUT2D eigenvalue weighted by Crippen LogP contribution is 2.17. The number of rotatable bonds is 8. The van der Waals surface area contributed by atoms with Gasteiger partial charge in [-0.15, -0.1) is 11.3 Å². The average Bonchev–Trinajstić information content (AvgIpc) is 3.03. The number of amides is 1. The number of hydrogen-bond acceptors (Lipinski definition) is 6. The smallest absolute Gasteiger partial charge is 0.338 e. The van der Waals surface area contributed by atoms with Crippen molar-refractivity contribution in [1.29, 1.82) is 0 Å². The largest absolute Gasteiger partial charge is 0.487 e. The van der Waals surface area contributed by atoms with Gasteiger partial charge in [-0.1, -0.05) is 6.07 Å². The van der Waals surface area contributed by atoms with Crippen LogP contribution in [0, 0.1) is 6.92 Å². The maximum absolute atomic E-state index is 12.3. The third-order valence-corrected chi connectivity index (χ3v) is 4.67. The quantitative estimate of drug-likeness (QED) is 0.641. The number of aromatic nitrogens is 1. The molecule has 1 aromatic carbocycles. The van der Waals surface area contributed by atoms with Crippen LogP contribution in [0.4, 0.5) is 0 Å². The van der Waals surface area contributed by atoms with E-state index in [1.165, 1.54) is 0 Å². The number of benzene rings is 1. The fourth-order valence-electron chi connectivity index (χ4n) is 2.80. The Labute approximate surface area is 164 Å². The molecule has 0 aliphatic carbocycles. The van der Waals surface area contributed by atoms with Gasteiger partial charge in [0, 0.05) is 17.5 Å². The van der Waals surface area contributed by atoms with Crippen LogP contribution < -0.4 is 4.74 Å². The van der Waals surface area contributed by atoms with Crippen LogP contribution in [-0.4, -0.2) is 40.5 Å². The Balaban J connectivity index is 1.93. The Morgan fingerprint density at radius 1 is 1.19 bits per heavy atom. The SMILES string of the molecule is Cc1nc(COc2cccc(C(=O)OCC(=O)N(C(C)C)C(C)C)c2)cs1. The predicted molar refractivity (Wildman–Crippen MR) is 105 cm³/mol. The topological polar surface area (TPSA) is 68.7 Å². The summed E-state index contributed by atoms with van der Waals surface area (Å²) in [4.78, 5) is 30.6. The Bertz CT molecular complexity index is 778. The van der Waals surface area contributed by atoms with E-state index in [1.54, 1.807) is 40.5 Å². The number of esters is 1. The Morgan fingerprint density at radius 2 is 1.89 bits per heavy atom. The molecule has 0 radical (unpaired) electrons. The van der Waals surface area contributed by atoms with Crippen molar-refractivity contribution < 1.29 is 19.1 Å². The lowest BCUT2D eigenvalue weighted by atomic mass is 10.2. The first-order valence-corrected chi connectivity index (χ1v) is 9.78. The minimum atomic E-state index is -0.550. The molecule has 2 rings (SSSR count). The van der Waals surface area contributed by atoms with Crippen molar-refractivity contribution in [2.24, 2.45) is 0 Å². The summed E-state index contributed by atoms with van der Waals surface area (Å²) in [6.07, 6.45) is 0. The zero-order valence-electron chi connectivity index (χ0n) is 16.4. The van der Waals surface area contributed by atoms with Gasteiger partial charge in [0.1, 0.15) is 12.4 Å². The Morgan fingerprint density at radius 3 is 2.48 bits per heavy atom. The van der Waals surface area contributed by atoms with Crippen molar-refractivity contribution in [3.63, 3.8) is 0 Å². The molecular weight excluding hydrogens is 364 g/mol. The Hall–Kier alpha value is -2.41. The minimum absolute atomic E-state index is 0.0438. The summed E-state index contributed by atoms with van der Waals surface area (Å²) in [6.45, 7) is 9.73. The fraction of sp³-hybridized carbons (Fsp3) is 0.450. The van der Waals surface area contributed by atoms with Crippen molar-refractivity contribution in [1.82, 2.24) is 9.88 Å². The van der Waals surface area contributed by atoms with E-state index in [1.807, 2.05) is 40.0 Å². The normalized spacial score (nSPS) is 10.9. The molecule has 7 heteroatoms. The van der Waals surface area contributed by atoms with Crippen LogP contribution in [0.2, 0.25) is 0 Å². The number of carbonyl (C=O) groups excluding carboxylic acids is 2. The summed E-state index contributed by atoms with van der Waals surface area (Å²) in [7, 11) is 0. The van der Waals surface area contributed by atoms with E-state index in [0.29, 0.717) is 17.9 Å². The van der Waals surface area contributed by atoms with Gasteiger partial charge in [-0.3, -0.25) is 4.79 Å². The molecule has 27 heavy (non-hydrogen) atoms. The maximum Gasteiger partial charge on any atom is 0.338 e. The van der Waals surface area contributed by atoms with Gasteiger partial charge in [0.15, 0.2) is 6.61 Å². The number of hydrogen-bond donors (Lipinski definition) is 0. The van der Waals surface area contributed by atoms with E-state index in [9.17, 15) is 9.59 Å². The van der Waals surface area contributed by atoms with Crippen molar-refractivity contribution >= 4 is 23.2 Å². The minimum Gasteiger partial charge on any atom is -0.487 e. The highest BCUT2D eigenvalue weighted by Gasteiger charge is 2.21. The zero-order chi connectivity index (χ0) is 20.0. The average molecular weight is 391 g/mol. The van der Waals surface area contributed by atoms with Crippen LogP contribution in [0.3, 0.4) is 0 Å². The molecule has 0 N–H and O–H groups in total. The monoisotopic (exact) mass is 390 g/mol. The van der Waals surface area contributed by atoms with E-state index >= 15 is 0 Å².